The molecule has 4 aromatic rings. The van der Waals surface area contributed by atoms with Gasteiger partial charge in [0.1, 0.15) is 18.8 Å². The highest BCUT2D eigenvalue weighted by molar-refractivity contribution is 6.74. The fourth-order valence-electron chi connectivity index (χ4n) is 5.60. The zero-order chi connectivity index (χ0) is 39.8. The Morgan fingerprint density at radius 1 is 0.889 bits per heavy atom. The lowest BCUT2D eigenvalue weighted by molar-refractivity contribution is -0.210. The van der Waals surface area contributed by atoms with Crippen LogP contribution in [-0.4, -0.2) is 55.7 Å². The highest BCUT2D eigenvalue weighted by Crippen LogP contribution is 2.41. The van der Waals surface area contributed by atoms with Crippen molar-refractivity contribution in [2.45, 2.75) is 90.6 Å². The van der Waals surface area contributed by atoms with E-state index in [0.717, 1.165) is 20.9 Å². The number of halogens is 3. The first kappa shape index (κ1) is 41.8. The van der Waals surface area contributed by atoms with Crippen molar-refractivity contribution in [1.82, 2.24) is 15.2 Å². The van der Waals surface area contributed by atoms with Gasteiger partial charge in [-0.15, -0.1) is 0 Å². The number of ether oxygens (including phenoxy) is 1. The second-order valence-corrected chi connectivity index (χ2v) is 19.8. The number of pyridine rings is 1. The first-order valence-corrected chi connectivity index (χ1v) is 20.7. The topological polar surface area (TPSA) is 128 Å². The maximum absolute atomic E-state index is 14.5. The molecule has 1 aromatic heterocycles. The number of nitrogens with one attached hydrogen (secondary N) is 3. The molecule has 2 atom stereocenters. The molecule has 0 bridgehead atoms. The Morgan fingerprint density at radius 2 is 1.54 bits per heavy atom. The fourth-order valence-corrected chi connectivity index (χ4v) is 6.87. The largest absolute Gasteiger partial charge is 0.444 e. The van der Waals surface area contributed by atoms with Gasteiger partial charge in [0, 0.05) is 12.7 Å². The lowest BCUT2D eigenvalue weighted by Crippen LogP contribution is -2.59. The molecular formula is C40H49F3N4O6Si. The molecule has 2 unspecified atom stereocenters. The van der Waals surface area contributed by atoms with Gasteiger partial charge in [0.25, 0.3) is 11.5 Å². The molecule has 1 heterocycles. The summed E-state index contributed by atoms with van der Waals surface area (Å²) in [6.45, 7) is 11.3. The SMILES string of the molecule is CC(C)C(NC(=O)Cn1ccc(C(=O)NCCc2cccc3ccccc23)c(NC(=O)OCc2ccccc2)c1=O)C(O[Si](C)(C)C(C)(C)C)C(F)(F)F. The van der Waals surface area contributed by atoms with Crippen molar-refractivity contribution in [3.63, 3.8) is 0 Å². The molecule has 0 fully saturated rings. The first-order chi connectivity index (χ1) is 25.3. The van der Waals surface area contributed by atoms with Crippen LogP contribution in [-0.2, 0) is 33.5 Å². The third-order valence-electron chi connectivity index (χ3n) is 9.65. The number of hydrogen-bond acceptors (Lipinski definition) is 6. The van der Waals surface area contributed by atoms with Crippen molar-refractivity contribution >= 4 is 42.7 Å². The van der Waals surface area contributed by atoms with E-state index in [0.29, 0.717) is 12.0 Å². The standard InChI is InChI=1S/C40H49F3N4O6Si/c1-26(2)33(35(40(41,42)43)53-54(6,7)39(3,4)5)45-32(48)24-47-23-21-31(34(37(47)50)46-38(51)52-25-27-14-9-8-10-15-27)36(49)44-22-20-29-18-13-17-28-16-11-12-19-30(28)29/h8-19,21,23,26,33,35H,20,22,24-25H2,1-7H3,(H,44,49)(H,45,48)(H,46,51). The van der Waals surface area contributed by atoms with E-state index in [1.165, 1.54) is 12.3 Å². The Hall–Kier alpha value is -4.95. The summed E-state index contributed by atoms with van der Waals surface area (Å²) in [5.74, 6) is -2.26. The van der Waals surface area contributed by atoms with E-state index in [4.69, 9.17) is 9.16 Å². The number of nitrogens with zero attached hydrogens (tertiary/aromatic N) is 1. The number of amides is 3. The molecule has 4 rings (SSSR count). The highest BCUT2D eigenvalue weighted by atomic mass is 28.4. The minimum Gasteiger partial charge on any atom is -0.444 e. The predicted octanol–water partition coefficient (Wildman–Crippen LogP) is 7.82. The number of fused-ring (bicyclic) bond motifs is 1. The molecule has 0 spiro atoms. The van der Waals surface area contributed by atoms with Gasteiger partial charge < -0.3 is 24.4 Å². The van der Waals surface area contributed by atoms with Crippen LogP contribution in [0.2, 0.25) is 18.1 Å². The van der Waals surface area contributed by atoms with Crippen molar-refractivity contribution < 1.29 is 36.7 Å². The van der Waals surface area contributed by atoms with E-state index in [9.17, 15) is 32.3 Å². The molecule has 290 valence electrons. The van der Waals surface area contributed by atoms with Crippen LogP contribution < -0.4 is 21.5 Å². The van der Waals surface area contributed by atoms with Gasteiger partial charge in [0.2, 0.25) is 5.91 Å². The summed E-state index contributed by atoms with van der Waals surface area (Å²) in [5, 5.41) is 9.15. The summed E-state index contributed by atoms with van der Waals surface area (Å²) < 4.78 is 55.6. The molecule has 3 aromatic carbocycles. The summed E-state index contributed by atoms with van der Waals surface area (Å²) in [6.07, 6.45) is -6.47. The zero-order valence-corrected chi connectivity index (χ0v) is 32.7. The van der Waals surface area contributed by atoms with Gasteiger partial charge >= 0.3 is 12.3 Å². The van der Waals surface area contributed by atoms with E-state index in [1.54, 1.807) is 57.3 Å². The van der Waals surface area contributed by atoms with Crippen LogP contribution in [0.25, 0.3) is 10.8 Å². The van der Waals surface area contributed by atoms with Gasteiger partial charge in [-0.1, -0.05) is 107 Å². The molecule has 3 amide bonds. The number of alkyl halides is 3. The van der Waals surface area contributed by atoms with E-state index in [-0.39, 0.29) is 18.7 Å². The van der Waals surface area contributed by atoms with E-state index >= 15 is 0 Å². The summed E-state index contributed by atoms with van der Waals surface area (Å²) >= 11 is 0. The van der Waals surface area contributed by atoms with Crippen LogP contribution in [0.5, 0.6) is 0 Å². The van der Waals surface area contributed by atoms with Crippen LogP contribution in [0.15, 0.2) is 89.9 Å². The average molecular weight is 767 g/mol. The number of anilines is 1. The number of carbonyl (C=O) groups excluding carboxylic acids is 3. The molecule has 3 N–H and O–H groups in total. The minimum absolute atomic E-state index is 0.128. The molecule has 10 nitrogen and oxygen atoms in total. The monoisotopic (exact) mass is 766 g/mol. The van der Waals surface area contributed by atoms with Crippen LogP contribution in [0.3, 0.4) is 0 Å². The van der Waals surface area contributed by atoms with Crippen LogP contribution >= 0.6 is 0 Å². The molecule has 0 saturated carbocycles. The maximum atomic E-state index is 14.5. The van der Waals surface area contributed by atoms with Crippen molar-refractivity contribution in [2.75, 3.05) is 11.9 Å². The van der Waals surface area contributed by atoms with Gasteiger partial charge in [-0.25, -0.2) is 4.79 Å². The van der Waals surface area contributed by atoms with E-state index < -0.39 is 73.3 Å². The Kier molecular flexibility index (Phi) is 13.5. The Morgan fingerprint density at radius 3 is 2.19 bits per heavy atom. The molecule has 0 aliphatic rings. The van der Waals surface area contributed by atoms with Gasteiger partial charge in [-0.05, 0) is 58.4 Å². The Bertz CT molecular complexity index is 1990. The molecule has 0 radical (unpaired) electrons. The Labute approximate surface area is 314 Å². The summed E-state index contributed by atoms with van der Waals surface area (Å²) in [7, 11) is -2.95. The quantitative estimate of drug-likeness (QED) is 0.112. The van der Waals surface area contributed by atoms with Crippen molar-refractivity contribution in [3.8, 4) is 0 Å². The lowest BCUT2D eigenvalue weighted by atomic mass is 9.98. The molecule has 0 aliphatic heterocycles. The van der Waals surface area contributed by atoms with E-state index in [1.807, 2.05) is 63.2 Å². The third-order valence-corrected chi connectivity index (χ3v) is 14.1. The number of benzene rings is 3. The summed E-state index contributed by atoms with van der Waals surface area (Å²) in [6, 6.07) is 22.3. The average Bonchev–Trinajstić information content (AvgIpc) is 3.10. The van der Waals surface area contributed by atoms with Gasteiger partial charge in [-0.3, -0.25) is 19.7 Å². The molecular weight excluding hydrogens is 718 g/mol. The van der Waals surface area contributed by atoms with Crippen molar-refractivity contribution in [2.24, 2.45) is 5.92 Å². The smallest absolute Gasteiger partial charge is 0.415 e. The summed E-state index contributed by atoms with van der Waals surface area (Å²) in [4.78, 5) is 53.6. The van der Waals surface area contributed by atoms with Crippen LogP contribution in [0, 0.1) is 5.92 Å². The summed E-state index contributed by atoms with van der Waals surface area (Å²) in [5.41, 5.74) is 0.0945. The predicted molar refractivity (Wildman–Crippen MR) is 206 cm³/mol. The number of hydrogen-bond donors (Lipinski definition) is 3. The molecule has 0 saturated heterocycles. The molecule has 54 heavy (non-hydrogen) atoms. The number of carbonyl (C=O) groups is 3. The minimum atomic E-state index is -4.80. The van der Waals surface area contributed by atoms with E-state index in [2.05, 4.69) is 16.0 Å². The zero-order valence-electron chi connectivity index (χ0n) is 31.7. The second-order valence-electron chi connectivity index (χ2n) is 15.0. The van der Waals surface area contributed by atoms with Gasteiger partial charge in [0.15, 0.2) is 14.4 Å². The fraction of sp³-hybridized carbons (Fsp3) is 0.400. The van der Waals surface area contributed by atoms with Gasteiger partial charge in [-0.2, -0.15) is 13.2 Å². The molecule has 14 heteroatoms. The first-order valence-electron chi connectivity index (χ1n) is 17.8. The molecule has 0 aliphatic carbocycles. The third kappa shape index (κ3) is 10.8. The normalized spacial score (nSPS) is 13.3. The maximum Gasteiger partial charge on any atom is 0.415 e. The van der Waals surface area contributed by atoms with Crippen molar-refractivity contribution in [3.05, 3.63) is 112 Å². The number of rotatable bonds is 14. The van der Waals surface area contributed by atoms with Crippen LogP contribution in [0.1, 0.15) is 56.1 Å². The van der Waals surface area contributed by atoms with Crippen molar-refractivity contribution in [1.29, 1.82) is 0 Å². The second kappa shape index (κ2) is 17.5. The lowest BCUT2D eigenvalue weighted by Gasteiger charge is -2.42. The Balaban J connectivity index is 1.58. The number of aromatic nitrogens is 1. The highest BCUT2D eigenvalue weighted by Gasteiger charge is 2.52. The van der Waals surface area contributed by atoms with Crippen LogP contribution in [0.4, 0.5) is 23.7 Å². The van der Waals surface area contributed by atoms with Gasteiger partial charge in [0.05, 0.1) is 11.6 Å².